The summed E-state index contributed by atoms with van der Waals surface area (Å²) in [6.45, 7) is 7.63. The number of aliphatic hydroxyl groups excluding tert-OH is 1. The minimum absolute atomic E-state index is 0.0213. The molecule has 1 aromatic heterocycles. The lowest BCUT2D eigenvalue weighted by atomic mass is 10.00. The predicted octanol–water partition coefficient (Wildman–Crippen LogP) is 1.04. The third kappa shape index (κ3) is 6.35. The van der Waals surface area contributed by atoms with Crippen molar-refractivity contribution in [3.63, 3.8) is 0 Å². The van der Waals surface area contributed by atoms with Gasteiger partial charge in [0.05, 0.1) is 38.7 Å². The number of methoxy groups -OCH3 is 1. The second kappa shape index (κ2) is 11.5. The molecule has 0 bridgehead atoms. The van der Waals surface area contributed by atoms with Crippen LogP contribution >= 0.6 is 7.60 Å². The molecule has 2 unspecified atom stereocenters. The average Bonchev–Trinajstić information content (AvgIpc) is 3.01. The molecular formula is C19H33N2O9P. The van der Waals surface area contributed by atoms with E-state index in [-0.39, 0.29) is 32.6 Å². The molecular weight excluding hydrogens is 431 g/mol. The number of hydrogen-bond donors (Lipinski definition) is 2. The fourth-order valence-electron chi connectivity index (χ4n) is 3.59. The summed E-state index contributed by atoms with van der Waals surface area (Å²) in [7, 11) is -1.87. The number of aromatic nitrogens is 2. The van der Waals surface area contributed by atoms with Gasteiger partial charge in [-0.3, -0.25) is 18.9 Å². The van der Waals surface area contributed by atoms with E-state index in [1.807, 2.05) is 0 Å². The van der Waals surface area contributed by atoms with Crippen molar-refractivity contribution < 1.29 is 32.9 Å². The van der Waals surface area contributed by atoms with Crippen LogP contribution < -0.4 is 11.2 Å². The van der Waals surface area contributed by atoms with Crippen molar-refractivity contribution in [2.75, 3.05) is 39.7 Å². The Bertz CT molecular complexity index is 861. The molecule has 0 aliphatic carbocycles. The molecule has 0 spiro atoms. The van der Waals surface area contributed by atoms with E-state index < -0.39 is 49.3 Å². The lowest BCUT2D eigenvalue weighted by molar-refractivity contribution is -0.0819. The van der Waals surface area contributed by atoms with Crippen molar-refractivity contribution in [1.29, 1.82) is 0 Å². The van der Waals surface area contributed by atoms with Gasteiger partial charge in [0.1, 0.15) is 12.2 Å². The Balaban J connectivity index is 2.32. The maximum atomic E-state index is 12.9. The molecule has 0 amide bonds. The molecule has 1 fully saturated rings. The number of rotatable bonds is 12. The number of ether oxygens (including phenoxy) is 3. The van der Waals surface area contributed by atoms with E-state index in [0.29, 0.717) is 5.56 Å². The molecule has 1 saturated heterocycles. The number of aromatic amines is 1. The van der Waals surface area contributed by atoms with E-state index in [0.717, 1.165) is 0 Å². The van der Waals surface area contributed by atoms with Crippen LogP contribution in [0.25, 0.3) is 0 Å². The zero-order valence-corrected chi connectivity index (χ0v) is 19.5. The van der Waals surface area contributed by atoms with Gasteiger partial charge in [-0.1, -0.05) is 6.92 Å². The molecule has 5 atom stereocenters. The van der Waals surface area contributed by atoms with E-state index in [1.165, 1.54) is 17.9 Å². The summed E-state index contributed by atoms with van der Waals surface area (Å²) in [6, 6.07) is 0. The zero-order valence-electron chi connectivity index (χ0n) is 18.6. The minimum Gasteiger partial charge on any atom is -0.387 e. The van der Waals surface area contributed by atoms with Crippen molar-refractivity contribution in [2.45, 2.75) is 52.2 Å². The minimum atomic E-state index is -3.38. The highest BCUT2D eigenvalue weighted by molar-refractivity contribution is 7.53. The third-order valence-corrected chi connectivity index (χ3v) is 7.32. The number of H-pyrrole nitrogens is 1. The maximum absolute atomic E-state index is 12.9. The summed E-state index contributed by atoms with van der Waals surface area (Å²) in [5.74, 6) is -0.447. The third-order valence-electron chi connectivity index (χ3n) is 4.99. The number of nitrogens with zero attached hydrogens (tertiary/aromatic N) is 1. The van der Waals surface area contributed by atoms with Crippen molar-refractivity contribution in [3.05, 3.63) is 32.6 Å². The van der Waals surface area contributed by atoms with Crippen LogP contribution in [-0.2, 0) is 27.8 Å². The molecule has 1 aliphatic heterocycles. The van der Waals surface area contributed by atoms with Crippen LogP contribution in [0.3, 0.4) is 0 Å². The summed E-state index contributed by atoms with van der Waals surface area (Å²) in [5.41, 5.74) is -0.881. The first-order valence-corrected chi connectivity index (χ1v) is 12.0. The van der Waals surface area contributed by atoms with E-state index in [2.05, 4.69) is 4.98 Å². The Hall–Kier alpha value is -1.33. The standard InChI is InChI=1S/C19H33N2O9P/c1-6-28-31(25,29-7-2)11-13(4)15-14(22)16(27-9-8-26-5)18(30-15)21-10-12(3)17(23)20-19(21)24/h10,13-16,18,22H,6-9,11H2,1-5H3,(H,20,23,24)/t13-,14+,15?,16+,18?/m0/s1. The van der Waals surface area contributed by atoms with Gasteiger partial charge in [-0.2, -0.15) is 0 Å². The number of nitrogens with one attached hydrogen (secondary N) is 1. The van der Waals surface area contributed by atoms with Crippen molar-refractivity contribution >= 4 is 7.60 Å². The van der Waals surface area contributed by atoms with Gasteiger partial charge < -0.3 is 28.4 Å². The van der Waals surface area contributed by atoms with Gasteiger partial charge in [0.2, 0.25) is 0 Å². The summed E-state index contributed by atoms with van der Waals surface area (Å²) in [4.78, 5) is 26.4. The van der Waals surface area contributed by atoms with E-state index >= 15 is 0 Å². The second-order valence-corrected chi connectivity index (χ2v) is 9.50. The maximum Gasteiger partial charge on any atom is 0.331 e. The SMILES string of the molecule is CCOP(=O)(C[C@H](C)C1OC(n2cc(C)c(=O)[nH]c2=O)[C@H](OCCOC)[C@@H]1O)OCC. The molecule has 12 heteroatoms. The highest BCUT2D eigenvalue weighted by Gasteiger charge is 2.49. The Morgan fingerprint density at radius 2 is 1.90 bits per heavy atom. The van der Waals surface area contributed by atoms with Crippen LogP contribution in [0.1, 0.15) is 32.6 Å². The Kier molecular flexibility index (Phi) is 9.63. The van der Waals surface area contributed by atoms with Gasteiger partial charge in [-0.05, 0) is 26.7 Å². The van der Waals surface area contributed by atoms with Crippen LogP contribution in [0.5, 0.6) is 0 Å². The fraction of sp³-hybridized carbons (Fsp3) is 0.789. The van der Waals surface area contributed by atoms with E-state index in [4.69, 9.17) is 23.3 Å². The first kappa shape index (κ1) is 25.9. The van der Waals surface area contributed by atoms with Crippen LogP contribution in [0.2, 0.25) is 0 Å². The van der Waals surface area contributed by atoms with E-state index in [1.54, 1.807) is 27.7 Å². The molecule has 0 radical (unpaired) electrons. The Morgan fingerprint density at radius 3 is 2.48 bits per heavy atom. The first-order valence-electron chi connectivity index (χ1n) is 10.3. The fourth-order valence-corrected chi connectivity index (χ4v) is 5.57. The molecule has 2 N–H and O–H groups in total. The Morgan fingerprint density at radius 1 is 1.26 bits per heavy atom. The smallest absolute Gasteiger partial charge is 0.331 e. The Labute approximate surface area is 181 Å². The average molecular weight is 464 g/mol. The molecule has 0 aromatic carbocycles. The highest BCUT2D eigenvalue weighted by atomic mass is 31.2. The summed E-state index contributed by atoms with van der Waals surface area (Å²) in [6.07, 6.45) is -2.47. The molecule has 0 saturated carbocycles. The zero-order chi connectivity index (χ0) is 23.2. The molecule has 31 heavy (non-hydrogen) atoms. The number of hydrogen-bond acceptors (Lipinski definition) is 9. The van der Waals surface area contributed by atoms with Crippen LogP contribution in [0, 0.1) is 12.8 Å². The molecule has 178 valence electrons. The lowest BCUT2D eigenvalue weighted by Gasteiger charge is -2.26. The van der Waals surface area contributed by atoms with Gasteiger partial charge in [0.25, 0.3) is 5.56 Å². The van der Waals surface area contributed by atoms with E-state index in [9.17, 15) is 19.3 Å². The van der Waals surface area contributed by atoms with Gasteiger partial charge in [0.15, 0.2) is 6.23 Å². The normalized spacial score (nSPS) is 25.1. The van der Waals surface area contributed by atoms with Gasteiger partial charge in [-0.25, -0.2) is 4.79 Å². The largest absolute Gasteiger partial charge is 0.387 e. The van der Waals surface area contributed by atoms with Crippen molar-refractivity contribution in [3.8, 4) is 0 Å². The topological polar surface area (TPSA) is 138 Å². The molecule has 2 rings (SSSR count). The molecule has 11 nitrogen and oxygen atoms in total. The van der Waals surface area contributed by atoms with Crippen LogP contribution in [0.15, 0.2) is 15.8 Å². The van der Waals surface area contributed by atoms with Crippen molar-refractivity contribution in [2.24, 2.45) is 5.92 Å². The summed E-state index contributed by atoms with van der Waals surface area (Å²) < 4.78 is 41.6. The lowest BCUT2D eigenvalue weighted by Crippen LogP contribution is -2.41. The quantitative estimate of drug-likeness (QED) is 0.343. The van der Waals surface area contributed by atoms with Crippen molar-refractivity contribution in [1.82, 2.24) is 9.55 Å². The second-order valence-electron chi connectivity index (χ2n) is 7.40. The van der Waals surface area contributed by atoms with Gasteiger partial charge in [-0.15, -0.1) is 0 Å². The van der Waals surface area contributed by atoms with Gasteiger partial charge >= 0.3 is 13.3 Å². The van der Waals surface area contributed by atoms with Crippen LogP contribution in [0.4, 0.5) is 0 Å². The first-order chi connectivity index (χ1) is 14.7. The monoisotopic (exact) mass is 464 g/mol. The van der Waals surface area contributed by atoms with Crippen LogP contribution in [-0.4, -0.2) is 72.7 Å². The summed E-state index contributed by atoms with van der Waals surface area (Å²) >= 11 is 0. The number of aryl methyl sites for hydroxylation is 1. The van der Waals surface area contributed by atoms with Gasteiger partial charge in [0, 0.05) is 18.9 Å². The number of aliphatic hydroxyl groups is 1. The summed E-state index contributed by atoms with van der Waals surface area (Å²) in [5, 5.41) is 11.0. The molecule has 1 aromatic rings. The predicted molar refractivity (Wildman–Crippen MR) is 112 cm³/mol. The molecule has 2 heterocycles. The highest BCUT2D eigenvalue weighted by Crippen LogP contribution is 2.51. The molecule has 1 aliphatic rings.